The van der Waals surface area contributed by atoms with E-state index in [4.69, 9.17) is 4.74 Å². The molecule has 0 aliphatic carbocycles. The van der Waals surface area contributed by atoms with Crippen LogP contribution < -0.4 is 5.32 Å². The van der Waals surface area contributed by atoms with Gasteiger partial charge in [0.15, 0.2) is 0 Å². The van der Waals surface area contributed by atoms with Crippen LogP contribution in [0.5, 0.6) is 0 Å². The van der Waals surface area contributed by atoms with Crippen LogP contribution in [0.15, 0.2) is 11.1 Å². The summed E-state index contributed by atoms with van der Waals surface area (Å²) in [5.74, 6) is 0. The first-order valence-corrected chi connectivity index (χ1v) is 5.95. The van der Waals surface area contributed by atoms with E-state index in [-0.39, 0.29) is 11.5 Å². The largest absolute Gasteiger partial charge is 0.450 e. The quantitative estimate of drug-likeness (QED) is 0.756. The van der Waals surface area contributed by atoms with Gasteiger partial charge in [-0.05, 0) is 29.7 Å². The molecule has 0 saturated heterocycles. The molecule has 0 aliphatic rings. The lowest BCUT2D eigenvalue weighted by molar-refractivity contribution is 0.151. The van der Waals surface area contributed by atoms with Crippen molar-refractivity contribution in [2.75, 3.05) is 13.2 Å². The van der Waals surface area contributed by atoms with Gasteiger partial charge < -0.3 is 10.1 Å². The molecule has 0 rings (SSSR count). The Morgan fingerprint density at radius 2 is 2.13 bits per heavy atom. The van der Waals surface area contributed by atoms with Gasteiger partial charge in [0.05, 0.1) is 6.61 Å². The van der Waals surface area contributed by atoms with Crippen LogP contribution in [-0.4, -0.2) is 19.2 Å². The first-order valence-electron chi connectivity index (χ1n) is 5.15. The molecule has 0 aromatic rings. The van der Waals surface area contributed by atoms with Crippen molar-refractivity contribution in [3.63, 3.8) is 0 Å². The van der Waals surface area contributed by atoms with E-state index in [1.807, 2.05) is 0 Å². The molecule has 0 fully saturated rings. The highest BCUT2D eigenvalue weighted by molar-refractivity contribution is 9.11. The smallest absolute Gasteiger partial charge is 0.407 e. The number of carbonyl (C=O) groups excluding carboxylic acids is 1. The van der Waals surface area contributed by atoms with Gasteiger partial charge in [-0.15, -0.1) is 0 Å². The Morgan fingerprint density at radius 1 is 1.53 bits per heavy atom. The average Bonchev–Trinajstić information content (AvgIpc) is 2.13. The number of rotatable bonds is 6. The van der Waals surface area contributed by atoms with Crippen LogP contribution in [-0.2, 0) is 4.74 Å². The number of hydrogen-bond donors (Lipinski definition) is 1. The molecule has 0 spiro atoms. The van der Waals surface area contributed by atoms with Gasteiger partial charge in [0, 0.05) is 6.54 Å². The maximum absolute atomic E-state index is 10.9. The second kappa shape index (κ2) is 6.88. The summed E-state index contributed by atoms with van der Waals surface area (Å²) in [6.45, 7) is 11.0. The molecular weight excluding hydrogens is 258 g/mol. The van der Waals surface area contributed by atoms with Crippen LogP contribution in [0.2, 0.25) is 0 Å². The zero-order valence-corrected chi connectivity index (χ0v) is 11.3. The van der Waals surface area contributed by atoms with Gasteiger partial charge in [0.1, 0.15) is 0 Å². The van der Waals surface area contributed by atoms with Crippen molar-refractivity contribution in [3.05, 3.63) is 11.1 Å². The molecule has 0 aromatic carbocycles. The fourth-order valence-electron chi connectivity index (χ4n) is 1.04. The van der Waals surface area contributed by atoms with Gasteiger partial charge in [-0.2, -0.15) is 0 Å². The van der Waals surface area contributed by atoms with Crippen molar-refractivity contribution in [2.24, 2.45) is 5.41 Å². The molecule has 3 nitrogen and oxygen atoms in total. The number of halogens is 1. The van der Waals surface area contributed by atoms with E-state index in [0.717, 1.165) is 17.3 Å². The third kappa shape index (κ3) is 6.55. The SMILES string of the molecule is C=C(Br)C(C)(C)CCCNC(=O)OCC. The van der Waals surface area contributed by atoms with Gasteiger partial charge in [-0.25, -0.2) is 4.79 Å². The summed E-state index contributed by atoms with van der Waals surface area (Å²) in [5.41, 5.74) is 0.0658. The lowest BCUT2D eigenvalue weighted by atomic mass is 9.88. The molecule has 4 heteroatoms. The fourth-order valence-corrected chi connectivity index (χ4v) is 1.24. The first-order chi connectivity index (χ1) is 6.90. The molecule has 0 radical (unpaired) electrons. The predicted octanol–water partition coefficient (Wildman–Crippen LogP) is 3.45. The highest BCUT2D eigenvalue weighted by atomic mass is 79.9. The molecule has 0 heterocycles. The van der Waals surface area contributed by atoms with Crippen molar-refractivity contribution in [2.45, 2.75) is 33.6 Å². The lowest BCUT2D eigenvalue weighted by Crippen LogP contribution is -2.26. The second-order valence-corrected chi connectivity index (χ2v) is 5.00. The van der Waals surface area contributed by atoms with E-state index in [2.05, 4.69) is 41.7 Å². The normalized spacial score (nSPS) is 10.9. The number of allylic oxidation sites excluding steroid dienone is 1. The van der Waals surface area contributed by atoms with Crippen molar-refractivity contribution in [3.8, 4) is 0 Å². The van der Waals surface area contributed by atoms with Crippen molar-refractivity contribution >= 4 is 22.0 Å². The van der Waals surface area contributed by atoms with E-state index in [9.17, 15) is 4.79 Å². The van der Waals surface area contributed by atoms with Crippen LogP contribution in [0, 0.1) is 5.41 Å². The topological polar surface area (TPSA) is 38.3 Å². The number of amides is 1. The van der Waals surface area contributed by atoms with E-state index in [1.54, 1.807) is 6.92 Å². The van der Waals surface area contributed by atoms with Crippen LogP contribution in [0.1, 0.15) is 33.6 Å². The highest BCUT2D eigenvalue weighted by Crippen LogP contribution is 2.33. The molecule has 0 atom stereocenters. The minimum absolute atomic E-state index is 0.0658. The van der Waals surface area contributed by atoms with Crippen molar-refractivity contribution in [1.29, 1.82) is 0 Å². The average molecular weight is 278 g/mol. The molecule has 0 unspecified atom stereocenters. The fraction of sp³-hybridized carbons (Fsp3) is 0.727. The monoisotopic (exact) mass is 277 g/mol. The molecule has 0 aliphatic heterocycles. The molecule has 0 aromatic heterocycles. The van der Waals surface area contributed by atoms with Gasteiger partial charge in [-0.3, -0.25) is 0 Å². The number of carbonyl (C=O) groups is 1. The van der Waals surface area contributed by atoms with Gasteiger partial charge in [-0.1, -0.05) is 36.4 Å². The van der Waals surface area contributed by atoms with Gasteiger partial charge >= 0.3 is 6.09 Å². The minimum Gasteiger partial charge on any atom is -0.450 e. The molecule has 1 amide bonds. The van der Waals surface area contributed by atoms with Crippen molar-refractivity contribution in [1.82, 2.24) is 5.32 Å². The molecular formula is C11H20BrNO2. The summed E-state index contributed by atoms with van der Waals surface area (Å²) in [5, 5.41) is 2.69. The Hall–Kier alpha value is -0.510. The minimum atomic E-state index is -0.340. The predicted molar refractivity (Wildman–Crippen MR) is 66.1 cm³/mol. The number of hydrogen-bond acceptors (Lipinski definition) is 2. The Morgan fingerprint density at radius 3 is 2.60 bits per heavy atom. The maximum Gasteiger partial charge on any atom is 0.407 e. The zero-order chi connectivity index (χ0) is 11.9. The summed E-state index contributed by atoms with van der Waals surface area (Å²) in [6.07, 6.45) is 1.55. The van der Waals surface area contributed by atoms with Crippen LogP contribution >= 0.6 is 15.9 Å². The summed E-state index contributed by atoms with van der Waals surface area (Å²) >= 11 is 3.40. The van der Waals surface area contributed by atoms with E-state index in [0.29, 0.717) is 13.2 Å². The standard InChI is InChI=1S/C11H20BrNO2/c1-5-15-10(14)13-8-6-7-11(3,4)9(2)12/h2,5-8H2,1,3-4H3,(H,13,14). The highest BCUT2D eigenvalue weighted by Gasteiger charge is 2.19. The maximum atomic E-state index is 10.9. The summed E-state index contributed by atoms with van der Waals surface area (Å²) in [4.78, 5) is 10.9. The van der Waals surface area contributed by atoms with Gasteiger partial charge in [0.25, 0.3) is 0 Å². The number of ether oxygens (including phenoxy) is 1. The summed E-state index contributed by atoms with van der Waals surface area (Å²) in [7, 11) is 0. The third-order valence-electron chi connectivity index (χ3n) is 2.26. The third-order valence-corrected chi connectivity index (χ3v) is 3.33. The second-order valence-electron chi connectivity index (χ2n) is 4.04. The molecule has 1 N–H and O–H groups in total. The Labute approximate surface area is 100 Å². The van der Waals surface area contributed by atoms with Crippen LogP contribution in [0.25, 0.3) is 0 Å². The van der Waals surface area contributed by atoms with Gasteiger partial charge in [0.2, 0.25) is 0 Å². The number of nitrogens with one attached hydrogen (secondary N) is 1. The van der Waals surface area contributed by atoms with E-state index < -0.39 is 0 Å². The molecule has 0 saturated carbocycles. The molecule has 0 bridgehead atoms. The molecule has 88 valence electrons. The Balaban J connectivity index is 3.63. The Kier molecular flexibility index (Phi) is 6.65. The molecule has 15 heavy (non-hydrogen) atoms. The summed E-state index contributed by atoms with van der Waals surface area (Å²) in [6, 6.07) is 0. The summed E-state index contributed by atoms with van der Waals surface area (Å²) < 4.78 is 5.74. The van der Waals surface area contributed by atoms with E-state index >= 15 is 0 Å². The Bertz CT molecular complexity index is 227. The number of alkyl carbamates (subject to hydrolysis) is 1. The van der Waals surface area contributed by atoms with Crippen molar-refractivity contribution < 1.29 is 9.53 Å². The van der Waals surface area contributed by atoms with Crippen LogP contribution in [0.4, 0.5) is 4.79 Å². The van der Waals surface area contributed by atoms with E-state index in [1.165, 1.54) is 0 Å². The van der Waals surface area contributed by atoms with Crippen LogP contribution in [0.3, 0.4) is 0 Å². The first kappa shape index (κ1) is 14.5. The lowest BCUT2D eigenvalue weighted by Gasteiger charge is -2.23. The zero-order valence-electron chi connectivity index (χ0n) is 9.73.